The number of ether oxygens (including phenoxy) is 1. The van der Waals surface area contributed by atoms with E-state index in [-0.39, 0.29) is 18.1 Å². The normalized spacial score (nSPS) is 25.7. The quantitative estimate of drug-likeness (QED) is 0.877. The second kappa shape index (κ2) is 7.18. The Labute approximate surface area is 141 Å². The summed E-state index contributed by atoms with van der Waals surface area (Å²) in [4.78, 5) is 14.4. The van der Waals surface area contributed by atoms with Gasteiger partial charge >= 0.3 is 0 Å². The maximum atomic E-state index is 12.6. The van der Waals surface area contributed by atoms with Crippen LogP contribution < -0.4 is 5.32 Å². The van der Waals surface area contributed by atoms with E-state index in [9.17, 15) is 9.90 Å². The first-order valence-corrected chi connectivity index (χ1v) is 8.51. The molecule has 1 aromatic carbocycles. The molecule has 0 saturated carbocycles. The minimum atomic E-state index is -0.306. The van der Waals surface area contributed by atoms with Crippen LogP contribution in [0.4, 0.5) is 0 Å². The summed E-state index contributed by atoms with van der Waals surface area (Å²) in [6, 6.07) is 7.48. The number of hydrogen-bond acceptors (Lipinski definition) is 4. The summed E-state index contributed by atoms with van der Waals surface area (Å²) in [5.41, 5.74) is 0.260. The number of nitrogens with zero attached hydrogens (tertiary/aromatic N) is 1. The molecule has 2 saturated heterocycles. The number of carbonyl (C=O) groups excluding carboxylic acids is 1. The first kappa shape index (κ1) is 16.7. The van der Waals surface area contributed by atoms with Crippen LogP contribution >= 0.6 is 11.6 Å². The average Bonchev–Trinajstić information content (AvgIpc) is 3.04. The van der Waals surface area contributed by atoms with Gasteiger partial charge < -0.3 is 20.1 Å². The highest BCUT2D eigenvalue weighted by Gasteiger charge is 2.37. The van der Waals surface area contributed by atoms with Gasteiger partial charge in [0.05, 0.1) is 29.3 Å². The van der Waals surface area contributed by atoms with Gasteiger partial charge in [-0.25, -0.2) is 0 Å². The van der Waals surface area contributed by atoms with Crippen LogP contribution in [0.15, 0.2) is 24.3 Å². The van der Waals surface area contributed by atoms with Gasteiger partial charge in [-0.15, -0.1) is 0 Å². The molecule has 2 aliphatic heterocycles. The molecule has 2 N–H and O–H groups in total. The van der Waals surface area contributed by atoms with E-state index in [1.807, 2.05) is 17.0 Å². The molecule has 1 unspecified atom stereocenters. The van der Waals surface area contributed by atoms with Crippen molar-refractivity contribution >= 4 is 17.5 Å². The molecule has 1 aromatic rings. The Morgan fingerprint density at radius 1 is 1.39 bits per heavy atom. The molecular formula is C17H23ClN2O3. The number of carbonyl (C=O) groups is 1. The van der Waals surface area contributed by atoms with Crippen LogP contribution in [0.1, 0.15) is 29.6 Å². The van der Waals surface area contributed by atoms with E-state index in [0.29, 0.717) is 42.9 Å². The van der Waals surface area contributed by atoms with Gasteiger partial charge in [0.25, 0.3) is 5.91 Å². The van der Waals surface area contributed by atoms with Crippen molar-refractivity contribution in [3.8, 4) is 0 Å². The maximum absolute atomic E-state index is 12.6. The van der Waals surface area contributed by atoms with Crippen molar-refractivity contribution in [1.82, 2.24) is 10.2 Å². The van der Waals surface area contributed by atoms with Crippen LogP contribution in [-0.4, -0.2) is 60.4 Å². The SMILES string of the molecule is O=C(c1ccccc1Cl)N1CCC(NC2(CO)CCOC2)CC1. The number of benzene rings is 1. The fourth-order valence-corrected chi connectivity index (χ4v) is 3.57. The van der Waals surface area contributed by atoms with Crippen molar-refractivity contribution in [2.45, 2.75) is 30.8 Å². The molecule has 23 heavy (non-hydrogen) atoms. The third-order valence-corrected chi connectivity index (χ3v) is 5.13. The number of likely N-dealkylation sites (tertiary alicyclic amines) is 1. The molecule has 1 amide bonds. The number of halogens is 1. The predicted molar refractivity (Wildman–Crippen MR) is 88.8 cm³/mol. The Balaban J connectivity index is 1.56. The molecule has 5 nitrogen and oxygen atoms in total. The van der Waals surface area contributed by atoms with Gasteiger partial charge in [-0.05, 0) is 31.4 Å². The van der Waals surface area contributed by atoms with E-state index in [1.165, 1.54) is 0 Å². The number of aliphatic hydroxyl groups is 1. The van der Waals surface area contributed by atoms with E-state index in [2.05, 4.69) is 5.32 Å². The zero-order valence-corrected chi connectivity index (χ0v) is 13.9. The van der Waals surface area contributed by atoms with E-state index in [0.717, 1.165) is 19.3 Å². The van der Waals surface area contributed by atoms with Crippen LogP contribution in [0, 0.1) is 0 Å². The lowest BCUT2D eigenvalue weighted by Gasteiger charge is -2.37. The highest BCUT2D eigenvalue weighted by Crippen LogP contribution is 2.23. The zero-order chi connectivity index (χ0) is 16.3. The van der Waals surface area contributed by atoms with Crippen LogP contribution in [0.5, 0.6) is 0 Å². The molecule has 0 aliphatic carbocycles. The monoisotopic (exact) mass is 338 g/mol. The van der Waals surface area contributed by atoms with Gasteiger partial charge in [0.1, 0.15) is 0 Å². The molecule has 0 spiro atoms. The third kappa shape index (κ3) is 3.69. The van der Waals surface area contributed by atoms with Gasteiger partial charge in [-0.1, -0.05) is 23.7 Å². The summed E-state index contributed by atoms with van der Waals surface area (Å²) in [7, 11) is 0. The van der Waals surface area contributed by atoms with E-state index >= 15 is 0 Å². The molecule has 1 atom stereocenters. The van der Waals surface area contributed by atoms with Crippen LogP contribution in [0.25, 0.3) is 0 Å². The molecule has 0 aromatic heterocycles. The highest BCUT2D eigenvalue weighted by molar-refractivity contribution is 6.33. The summed E-state index contributed by atoms with van der Waals surface area (Å²) < 4.78 is 5.42. The van der Waals surface area contributed by atoms with Crippen LogP contribution in [0.3, 0.4) is 0 Å². The maximum Gasteiger partial charge on any atom is 0.255 e. The van der Waals surface area contributed by atoms with Gasteiger partial charge in [-0.2, -0.15) is 0 Å². The number of aliphatic hydroxyl groups excluding tert-OH is 1. The topological polar surface area (TPSA) is 61.8 Å². The number of nitrogens with one attached hydrogen (secondary N) is 1. The largest absolute Gasteiger partial charge is 0.394 e. The molecule has 2 heterocycles. The second-order valence-corrected chi connectivity index (χ2v) is 6.84. The first-order valence-electron chi connectivity index (χ1n) is 8.14. The van der Waals surface area contributed by atoms with Gasteiger partial charge in [0, 0.05) is 25.7 Å². The smallest absolute Gasteiger partial charge is 0.255 e. The van der Waals surface area contributed by atoms with Crippen molar-refractivity contribution in [3.05, 3.63) is 34.9 Å². The summed E-state index contributed by atoms with van der Waals surface area (Å²) in [6.45, 7) is 2.74. The van der Waals surface area contributed by atoms with Crippen molar-refractivity contribution in [2.75, 3.05) is 32.9 Å². The second-order valence-electron chi connectivity index (χ2n) is 6.43. The van der Waals surface area contributed by atoms with Crippen molar-refractivity contribution in [2.24, 2.45) is 0 Å². The Morgan fingerprint density at radius 3 is 2.74 bits per heavy atom. The summed E-state index contributed by atoms with van der Waals surface area (Å²) in [5, 5.41) is 13.7. The Bertz CT molecular complexity index is 553. The van der Waals surface area contributed by atoms with Crippen LogP contribution in [0.2, 0.25) is 5.02 Å². The molecule has 6 heteroatoms. The molecule has 2 aliphatic rings. The molecule has 0 radical (unpaired) electrons. The minimum Gasteiger partial charge on any atom is -0.394 e. The zero-order valence-electron chi connectivity index (χ0n) is 13.1. The number of piperidine rings is 1. The Kier molecular flexibility index (Phi) is 5.21. The fraction of sp³-hybridized carbons (Fsp3) is 0.588. The predicted octanol–water partition coefficient (Wildman–Crippen LogP) is 1.69. The van der Waals surface area contributed by atoms with Gasteiger partial charge in [0.15, 0.2) is 0 Å². The summed E-state index contributed by atoms with van der Waals surface area (Å²) in [5.74, 6) is -0.00452. The van der Waals surface area contributed by atoms with E-state index < -0.39 is 0 Å². The summed E-state index contributed by atoms with van der Waals surface area (Å²) in [6.07, 6.45) is 2.58. The molecular weight excluding hydrogens is 316 g/mol. The molecule has 126 valence electrons. The lowest BCUT2D eigenvalue weighted by atomic mass is 9.95. The fourth-order valence-electron chi connectivity index (χ4n) is 3.36. The van der Waals surface area contributed by atoms with Gasteiger partial charge in [-0.3, -0.25) is 4.79 Å². The molecule has 2 fully saturated rings. The highest BCUT2D eigenvalue weighted by atomic mass is 35.5. The third-order valence-electron chi connectivity index (χ3n) is 4.80. The number of amides is 1. The minimum absolute atomic E-state index is 0.00452. The van der Waals surface area contributed by atoms with Crippen molar-refractivity contribution in [1.29, 1.82) is 0 Å². The van der Waals surface area contributed by atoms with Crippen LogP contribution in [-0.2, 0) is 4.74 Å². The van der Waals surface area contributed by atoms with Crippen molar-refractivity contribution < 1.29 is 14.6 Å². The summed E-state index contributed by atoms with van der Waals surface area (Å²) >= 11 is 6.12. The molecule has 0 bridgehead atoms. The average molecular weight is 339 g/mol. The van der Waals surface area contributed by atoms with Crippen molar-refractivity contribution in [3.63, 3.8) is 0 Å². The molecule has 3 rings (SSSR count). The van der Waals surface area contributed by atoms with E-state index in [4.69, 9.17) is 16.3 Å². The first-order chi connectivity index (χ1) is 11.1. The Hall–Kier alpha value is -1.14. The van der Waals surface area contributed by atoms with Gasteiger partial charge in [0.2, 0.25) is 0 Å². The lowest BCUT2D eigenvalue weighted by molar-refractivity contribution is 0.0658. The Morgan fingerprint density at radius 2 is 2.13 bits per heavy atom. The number of rotatable bonds is 4. The number of hydrogen-bond donors (Lipinski definition) is 2. The standard InChI is InChI=1S/C17H23ClN2O3/c18-15-4-2-1-3-14(15)16(22)20-8-5-13(6-9-20)19-17(11-21)7-10-23-12-17/h1-4,13,19,21H,5-12H2. The lowest BCUT2D eigenvalue weighted by Crippen LogP contribution is -2.56. The van der Waals surface area contributed by atoms with E-state index in [1.54, 1.807) is 12.1 Å².